The number of carbonyl (C=O) groups excluding carboxylic acids is 1. The number of carbonyl (C=O) groups is 1. The van der Waals surface area contributed by atoms with E-state index in [1.807, 2.05) is 31.2 Å². The Bertz CT molecular complexity index is 963. The highest BCUT2D eigenvalue weighted by Crippen LogP contribution is 2.29. The van der Waals surface area contributed by atoms with Gasteiger partial charge < -0.3 is 10.1 Å². The third kappa shape index (κ3) is 5.87. The number of sulfonamides is 1. The lowest BCUT2D eigenvalue weighted by molar-refractivity contribution is -0.122. The van der Waals surface area contributed by atoms with Crippen molar-refractivity contribution in [2.45, 2.75) is 39.8 Å². The lowest BCUT2D eigenvalue weighted by Crippen LogP contribution is -2.49. The van der Waals surface area contributed by atoms with Crippen LogP contribution in [0.5, 0.6) is 5.75 Å². The second-order valence-electron chi connectivity index (χ2n) is 6.67. The van der Waals surface area contributed by atoms with Crippen molar-refractivity contribution in [3.05, 3.63) is 58.6 Å². The van der Waals surface area contributed by atoms with Crippen molar-refractivity contribution in [3.8, 4) is 5.75 Å². The molecule has 0 aromatic heterocycles. The average molecular weight is 439 g/mol. The van der Waals surface area contributed by atoms with E-state index in [4.69, 9.17) is 16.3 Å². The molecule has 2 rings (SSSR count). The van der Waals surface area contributed by atoms with E-state index >= 15 is 0 Å². The zero-order valence-electron chi connectivity index (χ0n) is 17.1. The van der Waals surface area contributed by atoms with Crippen LogP contribution in [0.3, 0.4) is 0 Å². The van der Waals surface area contributed by atoms with E-state index in [1.165, 1.54) is 0 Å². The van der Waals surface area contributed by atoms with Crippen LogP contribution in [-0.2, 0) is 21.4 Å². The summed E-state index contributed by atoms with van der Waals surface area (Å²) < 4.78 is 31.9. The average Bonchev–Trinajstić information content (AvgIpc) is 2.66. The van der Waals surface area contributed by atoms with Crippen LogP contribution in [0.15, 0.2) is 42.5 Å². The number of nitrogens with zero attached hydrogens (tertiary/aromatic N) is 1. The quantitative estimate of drug-likeness (QED) is 0.644. The van der Waals surface area contributed by atoms with Crippen molar-refractivity contribution in [2.24, 2.45) is 0 Å². The summed E-state index contributed by atoms with van der Waals surface area (Å²) in [4.78, 5) is 13.0. The van der Waals surface area contributed by atoms with Gasteiger partial charge in [-0.25, -0.2) is 8.42 Å². The molecule has 2 aromatic rings. The van der Waals surface area contributed by atoms with Gasteiger partial charge in [0.2, 0.25) is 15.9 Å². The predicted molar refractivity (Wildman–Crippen MR) is 117 cm³/mol. The highest BCUT2D eigenvalue weighted by Gasteiger charge is 2.32. The third-order valence-electron chi connectivity index (χ3n) is 4.46. The number of nitrogens with one attached hydrogen (secondary N) is 1. The largest absolute Gasteiger partial charge is 0.494 e. The maximum absolute atomic E-state index is 13.0. The molecule has 6 nitrogen and oxygen atoms in total. The molecule has 0 bridgehead atoms. The van der Waals surface area contributed by atoms with Gasteiger partial charge in [-0.2, -0.15) is 0 Å². The molecule has 0 spiro atoms. The molecule has 158 valence electrons. The van der Waals surface area contributed by atoms with Crippen LogP contribution < -0.4 is 14.4 Å². The summed E-state index contributed by atoms with van der Waals surface area (Å²) in [6.45, 7) is 6.19. The Morgan fingerprint density at radius 1 is 1.21 bits per heavy atom. The van der Waals surface area contributed by atoms with Gasteiger partial charge in [0.15, 0.2) is 0 Å². The number of hydrogen-bond acceptors (Lipinski definition) is 4. The Balaban J connectivity index is 2.31. The summed E-state index contributed by atoms with van der Waals surface area (Å²) in [5.41, 5.74) is 1.94. The van der Waals surface area contributed by atoms with Crippen LogP contribution >= 0.6 is 11.6 Å². The molecule has 29 heavy (non-hydrogen) atoms. The molecule has 0 saturated carbocycles. The normalized spacial score (nSPS) is 12.3. The van der Waals surface area contributed by atoms with Gasteiger partial charge in [0.25, 0.3) is 0 Å². The maximum Gasteiger partial charge on any atom is 0.244 e. The fourth-order valence-electron chi connectivity index (χ4n) is 3.10. The number of para-hydroxylation sites is 1. The lowest BCUT2D eigenvalue weighted by Gasteiger charge is -2.31. The summed E-state index contributed by atoms with van der Waals surface area (Å²) >= 11 is 6.09. The van der Waals surface area contributed by atoms with Crippen LogP contribution in [-0.4, -0.2) is 33.2 Å². The number of rotatable bonds is 9. The molecule has 2 aromatic carbocycles. The Morgan fingerprint density at radius 3 is 2.52 bits per heavy atom. The van der Waals surface area contributed by atoms with E-state index < -0.39 is 16.1 Å². The van der Waals surface area contributed by atoms with Crippen LogP contribution in [0, 0.1) is 6.92 Å². The Hall–Kier alpha value is -2.25. The SMILES string of the molecule is CCOc1ccccc1CNC(=O)[C@H](CC)N(c1cc(Cl)ccc1C)S(C)(=O)=O. The van der Waals surface area contributed by atoms with Crippen LogP contribution in [0.25, 0.3) is 0 Å². The fraction of sp³-hybridized carbons (Fsp3) is 0.381. The monoisotopic (exact) mass is 438 g/mol. The molecule has 1 N–H and O–H groups in total. The number of hydrogen-bond donors (Lipinski definition) is 1. The Labute approximate surface area is 177 Å². The van der Waals surface area contributed by atoms with Crippen molar-refractivity contribution in [1.82, 2.24) is 5.32 Å². The van der Waals surface area contributed by atoms with E-state index in [9.17, 15) is 13.2 Å². The number of aryl methyl sites for hydroxylation is 1. The van der Waals surface area contributed by atoms with Crippen molar-refractivity contribution in [1.29, 1.82) is 0 Å². The van der Waals surface area contributed by atoms with Gasteiger partial charge in [-0.3, -0.25) is 9.10 Å². The van der Waals surface area contributed by atoms with Crippen molar-refractivity contribution < 1.29 is 17.9 Å². The van der Waals surface area contributed by atoms with Gasteiger partial charge >= 0.3 is 0 Å². The van der Waals surface area contributed by atoms with Gasteiger partial charge in [-0.15, -0.1) is 0 Å². The van der Waals surface area contributed by atoms with Crippen molar-refractivity contribution in [3.63, 3.8) is 0 Å². The molecule has 0 aliphatic rings. The molecule has 0 saturated heterocycles. The Kier molecular flexibility index (Phi) is 7.93. The van der Waals surface area contributed by atoms with Crippen LogP contribution in [0.2, 0.25) is 5.02 Å². The van der Waals surface area contributed by atoms with Crippen LogP contribution in [0.4, 0.5) is 5.69 Å². The minimum Gasteiger partial charge on any atom is -0.494 e. The van der Waals surface area contributed by atoms with Gasteiger partial charge in [-0.1, -0.05) is 42.8 Å². The van der Waals surface area contributed by atoms with E-state index in [1.54, 1.807) is 32.0 Å². The second-order valence-corrected chi connectivity index (χ2v) is 8.97. The highest BCUT2D eigenvalue weighted by atomic mass is 35.5. The molecule has 0 aliphatic carbocycles. The molecular formula is C21H27ClN2O4S. The molecule has 0 heterocycles. The third-order valence-corrected chi connectivity index (χ3v) is 5.86. The molecule has 8 heteroatoms. The summed E-state index contributed by atoms with van der Waals surface area (Å²) in [7, 11) is -3.72. The number of amides is 1. The van der Waals surface area contributed by atoms with Crippen molar-refractivity contribution >= 4 is 33.2 Å². The number of ether oxygens (including phenoxy) is 1. The summed E-state index contributed by atoms with van der Waals surface area (Å²) in [5.74, 6) is 0.303. The molecular weight excluding hydrogens is 412 g/mol. The number of anilines is 1. The van der Waals surface area contributed by atoms with Crippen LogP contribution in [0.1, 0.15) is 31.4 Å². The topological polar surface area (TPSA) is 75.7 Å². The summed E-state index contributed by atoms with van der Waals surface area (Å²) in [6.07, 6.45) is 1.39. The van der Waals surface area contributed by atoms with E-state index in [0.29, 0.717) is 35.1 Å². The summed E-state index contributed by atoms with van der Waals surface area (Å²) in [6, 6.07) is 11.5. The zero-order valence-corrected chi connectivity index (χ0v) is 18.7. The smallest absolute Gasteiger partial charge is 0.244 e. The standard InChI is InChI=1S/C21H27ClN2O4S/c1-5-18(21(25)23-14-16-9-7-8-10-20(16)28-6-2)24(29(4,26)27)19-13-17(22)12-11-15(19)3/h7-13,18H,5-6,14H2,1-4H3,(H,23,25)/t18-/m0/s1. The first-order valence-electron chi connectivity index (χ1n) is 9.43. The van der Waals surface area contributed by atoms with Gasteiger partial charge in [0.1, 0.15) is 11.8 Å². The molecule has 0 fully saturated rings. The molecule has 0 aliphatic heterocycles. The Morgan fingerprint density at radius 2 is 1.90 bits per heavy atom. The van der Waals surface area contributed by atoms with Gasteiger partial charge in [-0.05, 0) is 44.0 Å². The lowest BCUT2D eigenvalue weighted by atomic mass is 10.1. The fourth-order valence-corrected chi connectivity index (χ4v) is 4.53. The van der Waals surface area contributed by atoms with E-state index in [2.05, 4.69) is 5.32 Å². The molecule has 0 radical (unpaired) electrons. The van der Waals surface area contributed by atoms with Gasteiger partial charge in [0.05, 0.1) is 18.6 Å². The highest BCUT2D eigenvalue weighted by molar-refractivity contribution is 7.92. The number of benzene rings is 2. The van der Waals surface area contributed by atoms with E-state index in [0.717, 1.165) is 16.1 Å². The molecule has 1 amide bonds. The van der Waals surface area contributed by atoms with Gasteiger partial charge in [0, 0.05) is 17.1 Å². The minimum absolute atomic E-state index is 0.234. The maximum atomic E-state index is 13.0. The first-order valence-corrected chi connectivity index (χ1v) is 11.7. The first kappa shape index (κ1) is 23.0. The zero-order chi connectivity index (χ0) is 21.6. The second kappa shape index (κ2) is 9.98. The predicted octanol–water partition coefficient (Wildman–Crippen LogP) is 3.91. The van der Waals surface area contributed by atoms with E-state index in [-0.39, 0.29) is 12.5 Å². The molecule has 0 unspecified atom stereocenters. The number of halogens is 1. The molecule has 1 atom stereocenters. The summed E-state index contributed by atoms with van der Waals surface area (Å²) in [5, 5.41) is 3.25. The van der Waals surface area contributed by atoms with Crippen molar-refractivity contribution in [2.75, 3.05) is 17.2 Å². The first-order chi connectivity index (χ1) is 13.7. The minimum atomic E-state index is -3.72.